The van der Waals surface area contributed by atoms with Crippen molar-refractivity contribution in [2.45, 2.75) is 64.0 Å². The Morgan fingerprint density at radius 3 is 2.73 bits per heavy atom. The van der Waals surface area contributed by atoms with Gasteiger partial charge >= 0.3 is 0 Å². The molecule has 0 bridgehead atoms. The number of rotatable bonds is 14. The van der Waals surface area contributed by atoms with Gasteiger partial charge in [0.05, 0.1) is 12.6 Å². The first-order valence-electron chi connectivity index (χ1n) is 11.0. The highest BCUT2D eigenvalue weighted by Gasteiger charge is 2.62. The Labute approximate surface area is 180 Å². The number of methoxy groups -OCH3 is 2. The van der Waals surface area contributed by atoms with Crippen LogP contribution in [0.2, 0.25) is 0 Å². The molecule has 2 heterocycles. The summed E-state index contributed by atoms with van der Waals surface area (Å²) < 4.78 is 22.4. The highest BCUT2D eigenvalue weighted by Crippen LogP contribution is 2.41. The van der Waals surface area contributed by atoms with Crippen molar-refractivity contribution < 1.29 is 23.7 Å². The predicted octanol–water partition coefficient (Wildman–Crippen LogP) is 3.41. The third-order valence-electron chi connectivity index (χ3n) is 5.89. The molecule has 1 aromatic heterocycles. The van der Waals surface area contributed by atoms with E-state index in [4.69, 9.17) is 18.9 Å². The molecule has 1 amide bonds. The van der Waals surface area contributed by atoms with E-state index >= 15 is 0 Å². The number of carbonyl (C=O) groups is 1. The van der Waals surface area contributed by atoms with Crippen molar-refractivity contribution in [1.29, 1.82) is 0 Å². The van der Waals surface area contributed by atoms with Crippen LogP contribution in [0.3, 0.4) is 0 Å². The fourth-order valence-electron chi connectivity index (χ4n) is 4.21. The zero-order chi connectivity index (χ0) is 21.6. The lowest BCUT2D eigenvalue weighted by molar-refractivity contribution is -0.235. The first-order valence-corrected chi connectivity index (χ1v) is 11.0. The molecule has 0 spiro atoms. The van der Waals surface area contributed by atoms with E-state index in [0.29, 0.717) is 18.9 Å². The molecule has 30 heavy (non-hydrogen) atoms. The van der Waals surface area contributed by atoms with Crippen LogP contribution >= 0.6 is 0 Å². The van der Waals surface area contributed by atoms with Crippen LogP contribution in [-0.2, 0) is 25.4 Å². The Balaban J connectivity index is 1.71. The van der Waals surface area contributed by atoms with Crippen molar-refractivity contribution in [3.8, 4) is 5.75 Å². The summed E-state index contributed by atoms with van der Waals surface area (Å²) >= 11 is 0. The largest absolute Gasteiger partial charge is 0.493 e. The molecular formula is C23H36N2O5. The van der Waals surface area contributed by atoms with Gasteiger partial charge in [-0.15, -0.1) is 0 Å². The molecule has 1 aromatic rings. The minimum absolute atomic E-state index is 0.0541. The van der Waals surface area contributed by atoms with Crippen molar-refractivity contribution in [3.05, 3.63) is 24.0 Å². The Morgan fingerprint density at radius 2 is 2.07 bits per heavy atom. The smallest absolute Gasteiger partial charge is 0.259 e. The lowest BCUT2D eigenvalue weighted by Crippen LogP contribution is -2.76. The molecule has 3 rings (SSSR count). The normalized spacial score (nSPS) is 23.7. The van der Waals surface area contributed by atoms with Crippen molar-refractivity contribution >= 4 is 5.91 Å². The number of pyridine rings is 1. The van der Waals surface area contributed by atoms with E-state index < -0.39 is 5.60 Å². The standard InChI is InChI=1S/C23H36N2O5/c1-17(2)12-21-23(30-16-28-4,22(26)25(21)15-27-3)14-19-13-20(9-10-24-19)29-11-5-6-18-7-8-18/h9-10,13,17-18,21H,5-8,11-12,14-16H2,1-4H3. The number of hydrogen-bond donors (Lipinski definition) is 0. The van der Waals surface area contributed by atoms with Crippen LogP contribution in [0, 0.1) is 11.8 Å². The topological polar surface area (TPSA) is 70.1 Å². The van der Waals surface area contributed by atoms with E-state index in [-0.39, 0.29) is 25.5 Å². The zero-order valence-corrected chi connectivity index (χ0v) is 18.8. The van der Waals surface area contributed by atoms with E-state index in [1.54, 1.807) is 25.3 Å². The van der Waals surface area contributed by atoms with Crippen LogP contribution < -0.4 is 4.74 Å². The molecule has 2 atom stereocenters. The monoisotopic (exact) mass is 420 g/mol. The summed E-state index contributed by atoms with van der Waals surface area (Å²) in [6.07, 6.45) is 7.99. The maximum atomic E-state index is 13.1. The first kappa shape index (κ1) is 23.0. The van der Waals surface area contributed by atoms with Crippen molar-refractivity contribution in [3.63, 3.8) is 0 Å². The van der Waals surface area contributed by atoms with Gasteiger partial charge in [-0.05, 0) is 37.2 Å². The lowest BCUT2D eigenvalue weighted by atomic mass is 9.75. The maximum Gasteiger partial charge on any atom is 0.259 e. The zero-order valence-electron chi connectivity index (χ0n) is 18.8. The van der Waals surface area contributed by atoms with Gasteiger partial charge in [-0.2, -0.15) is 0 Å². The molecule has 0 aromatic carbocycles. The predicted molar refractivity (Wildman–Crippen MR) is 113 cm³/mol. The van der Waals surface area contributed by atoms with Crippen molar-refractivity contribution in [1.82, 2.24) is 9.88 Å². The minimum Gasteiger partial charge on any atom is -0.493 e. The number of nitrogens with zero attached hydrogens (tertiary/aromatic N) is 2. The van der Waals surface area contributed by atoms with Crippen molar-refractivity contribution in [2.24, 2.45) is 11.8 Å². The fourth-order valence-corrected chi connectivity index (χ4v) is 4.21. The Morgan fingerprint density at radius 1 is 1.27 bits per heavy atom. The van der Waals surface area contributed by atoms with Crippen LogP contribution in [0.15, 0.2) is 18.3 Å². The third-order valence-corrected chi connectivity index (χ3v) is 5.89. The van der Waals surface area contributed by atoms with Gasteiger partial charge in [-0.3, -0.25) is 9.78 Å². The second-order valence-electron chi connectivity index (χ2n) is 8.87. The molecule has 1 saturated heterocycles. The average molecular weight is 421 g/mol. The number of β-lactam (4-membered cyclic amide) rings is 1. The molecule has 2 fully saturated rings. The van der Waals surface area contributed by atoms with Gasteiger partial charge < -0.3 is 23.8 Å². The van der Waals surface area contributed by atoms with Gasteiger partial charge in [0.25, 0.3) is 5.91 Å². The van der Waals surface area contributed by atoms with Gasteiger partial charge in [-0.25, -0.2) is 0 Å². The number of aromatic nitrogens is 1. The molecule has 168 valence electrons. The van der Waals surface area contributed by atoms with Crippen LogP contribution in [-0.4, -0.2) is 61.8 Å². The fraction of sp³-hybridized carbons (Fsp3) is 0.739. The summed E-state index contributed by atoms with van der Waals surface area (Å²) in [6.45, 7) is 5.30. The molecule has 2 aliphatic rings. The lowest BCUT2D eigenvalue weighted by Gasteiger charge is -2.55. The molecule has 7 heteroatoms. The number of ether oxygens (including phenoxy) is 4. The van der Waals surface area contributed by atoms with E-state index in [0.717, 1.165) is 30.2 Å². The summed E-state index contributed by atoms with van der Waals surface area (Å²) in [6, 6.07) is 3.70. The van der Waals surface area contributed by atoms with Gasteiger partial charge in [0.2, 0.25) is 0 Å². The van der Waals surface area contributed by atoms with Gasteiger partial charge in [0.1, 0.15) is 19.3 Å². The van der Waals surface area contributed by atoms with Gasteiger partial charge in [-0.1, -0.05) is 26.7 Å². The SMILES string of the molecule is COCOC1(Cc2cc(OCCCC3CC3)ccn2)C(=O)N(COC)C1CC(C)C. The van der Waals surface area contributed by atoms with Crippen molar-refractivity contribution in [2.75, 3.05) is 34.4 Å². The summed E-state index contributed by atoms with van der Waals surface area (Å²) in [5.41, 5.74) is -0.207. The second kappa shape index (κ2) is 10.6. The summed E-state index contributed by atoms with van der Waals surface area (Å²) in [5, 5.41) is 0. The van der Waals surface area contributed by atoms with E-state index in [2.05, 4.69) is 18.8 Å². The van der Waals surface area contributed by atoms with Crippen LogP contribution in [0.1, 0.15) is 51.6 Å². The third kappa shape index (κ3) is 5.50. The minimum atomic E-state index is -0.990. The number of carbonyl (C=O) groups excluding carboxylic acids is 1. The molecule has 1 saturated carbocycles. The van der Waals surface area contributed by atoms with E-state index in [9.17, 15) is 4.79 Å². The van der Waals surface area contributed by atoms with Gasteiger partial charge in [0, 0.05) is 38.6 Å². The highest BCUT2D eigenvalue weighted by atomic mass is 16.7. The molecule has 7 nitrogen and oxygen atoms in total. The molecule has 2 unspecified atom stereocenters. The molecule has 0 N–H and O–H groups in total. The quantitative estimate of drug-likeness (QED) is 0.261. The summed E-state index contributed by atoms with van der Waals surface area (Å²) in [4.78, 5) is 19.4. The average Bonchev–Trinajstić information content (AvgIpc) is 3.56. The highest BCUT2D eigenvalue weighted by molar-refractivity contribution is 5.93. The van der Waals surface area contributed by atoms with Crippen LogP contribution in [0.5, 0.6) is 5.75 Å². The number of amides is 1. The van der Waals surface area contributed by atoms with Gasteiger partial charge in [0.15, 0.2) is 5.60 Å². The first-order chi connectivity index (χ1) is 14.5. The van der Waals surface area contributed by atoms with Crippen LogP contribution in [0.25, 0.3) is 0 Å². The second-order valence-corrected chi connectivity index (χ2v) is 8.87. The molecule has 0 radical (unpaired) electrons. The van der Waals surface area contributed by atoms with E-state index in [1.807, 2.05) is 12.1 Å². The molecular weight excluding hydrogens is 384 g/mol. The maximum absolute atomic E-state index is 13.1. The molecule has 1 aliphatic heterocycles. The Bertz CT molecular complexity index is 694. The Hall–Kier alpha value is -1.70. The number of hydrogen-bond acceptors (Lipinski definition) is 6. The Kier molecular flexibility index (Phi) is 8.08. The summed E-state index contributed by atoms with van der Waals surface area (Å²) in [5.74, 6) is 2.03. The number of likely N-dealkylation sites (tertiary alicyclic amines) is 1. The van der Waals surface area contributed by atoms with E-state index in [1.165, 1.54) is 19.3 Å². The van der Waals surface area contributed by atoms with Crippen LogP contribution in [0.4, 0.5) is 0 Å². The summed E-state index contributed by atoms with van der Waals surface area (Å²) in [7, 11) is 3.16. The molecule has 1 aliphatic carbocycles.